The van der Waals surface area contributed by atoms with Crippen molar-refractivity contribution in [3.63, 3.8) is 0 Å². The van der Waals surface area contributed by atoms with Gasteiger partial charge in [0.2, 0.25) is 5.95 Å². The van der Waals surface area contributed by atoms with Gasteiger partial charge in [0.15, 0.2) is 0 Å². The maximum atomic E-state index is 4.47. The summed E-state index contributed by atoms with van der Waals surface area (Å²) in [6, 6.07) is 10.4. The minimum absolute atomic E-state index is 0.671. The van der Waals surface area contributed by atoms with E-state index in [1.54, 1.807) is 0 Å². The molecule has 106 valence electrons. The molecule has 0 bridgehead atoms. The number of nitrogens with one attached hydrogen (secondary N) is 2. The van der Waals surface area contributed by atoms with Crippen LogP contribution in [0.25, 0.3) is 0 Å². The summed E-state index contributed by atoms with van der Waals surface area (Å²) in [5.41, 5.74) is 3.46. The lowest BCUT2D eigenvalue weighted by molar-refractivity contribution is 0.956. The molecule has 0 atom stereocenters. The Morgan fingerprint density at radius 2 is 1.75 bits per heavy atom. The Balaban J connectivity index is 2.01. The first kappa shape index (κ1) is 14.3. The van der Waals surface area contributed by atoms with Gasteiger partial charge in [0, 0.05) is 24.8 Å². The zero-order valence-corrected chi connectivity index (χ0v) is 12.4. The standard InChI is InChI=1S/C16H22N4/c1-4-9-17-15-10-13(3)19-16(20-15)18-11-14-7-5-12(2)6-8-14/h5-8,10H,4,9,11H2,1-3H3,(H2,17,18,19,20). The molecule has 0 amide bonds. The molecule has 0 saturated carbocycles. The largest absolute Gasteiger partial charge is 0.370 e. The number of nitrogens with zero attached hydrogens (tertiary/aromatic N) is 2. The fourth-order valence-corrected chi connectivity index (χ4v) is 1.88. The molecule has 1 heterocycles. The van der Waals surface area contributed by atoms with Crippen LogP contribution in [0.5, 0.6) is 0 Å². The number of rotatable bonds is 6. The molecule has 0 radical (unpaired) electrons. The number of benzene rings is 1. The highest BCUT2D eigenvalue weighted by Gasteiger charge is 2.02. The van der Waals surface area contributed by atoms with Gasteiger partial charge in [-0.2, -0.15) is 4.98 Å². The van der Waals surface area contributed by atoms with Crippen LogP contribution in [0.1, 0.15) is 30.2 Å². The molecular weight excluding hydrogens is 248 g/mol. The second kappa shape index (κ2) is 6.89. The Morgan fingerprint density at radius 3 is 2.45 bits per heavy atom. The highest BCUT2D eigenvalue weighted by atomic mass is 15.1. The molecule has 2 rings (SSSR count). The second-order valence-corrected chi connectivity index (χ2v) is 4.98. The van der Waals surface area contributed by atoms with Gasteiger partial charge in [-0.1, -0.05) is 36.8 Å². The van der Waals surface area contributed by atoms with E-state index in [-0.39, 0.29) is 0 Å². The van der Waals surface area contributed by atoms with Gasteiger partial charge < -0.3 is 10.6 Å². The van der Waals surface area contributed by atoms with Crippen LogP contribution in [0.3, 0.4) is 0 Å². The van der Waals surface area contributed by atoms with Crippen molar-refractivity contribution >= 4 is 11.8 Å². The SMILES string of the molecule is CCCNc1cc(C)nc(NCc2ccc(C)cc2)n1. The van der Waals surface area contributed by atoms with Crippen LogP contribution in [0.15, 0.2) is 30.3 Å². The summed E-state index contributed by atoms with van der Waals surface area (Å²) >= 11 is 0. The molecule has 4 nitrogen and oxygen atoms in total. The first-order valence-corrected chi connectivity index (χ1v) is 7.06. The lowest BCUT2D eigenvalue weighted by Crippen LogP contribution is -2.08. The molecule has 2 N–H and O–H groups in total. The zero-order valence-electron chi connectivity index (χ0n) is 12.4. The number of aryl methyl sites for hydroxylation is 2. The first-order valence-electron chi connectivity index (χ1n) is 7.06. The summed E-state index contributed by atoms with van der Waals surface area (Å²) in [6.07, 6.45) is 1.08. The average Bonchev–Trinajstić information content (AvgIpc) is 2.44. The summed E-state index contributed by atoms with van der Waals surface area (Å²) < 4.78 is 0. The molecule has 0 aliphatic heterocycles. The van der Waals surface area contributed by atoms with Crippen LogP contribution >= 0.6 is 0 Å². The quantitative estimate of drug-likeness (QED) is 0.843. The van der Waals surface area contributed by atoms with Gasteiger partial charge in [0.1, 0.15) is 5.82 Å². The second-order valence-electron chi connectivity index (χ2n) is 4.98. The minimum Gasteiger partial charge on any atom is -0.370 e. The summed E-state index contributed by atoms with van der Waals surface area (Å²) in [6.45, 7) is 7.87. The molecule has 0 saturated heterocycles. The zero-order chi connectivity index (χ0) is 14.4. The van der Waals surface area contributed by atoms with Gasteiger partial charge in [-0.25, -0.2) is 4.98 Å². The topological polar surface area (TPSA) is 49.8 Å². The normalized spacial score (nSPS) is 10.3. The van der Waals surface area contributed by atoms with E-state index in [1.165, 1.54) is 11.1 Å². The van der Waals surface area contributed by atoms with E-state index in [1.807, 2.05) is 13.0 Å². The van der Waals surface area contributed by atoms with Gasteiger partial charge in [-0.05, 0) is 25.8 Å². The van der Waals surface area contributed by atoms with Crippen molar-refractivity contribution in [2.45, 2.75) is 33.7 Å². The molecule has 0 fully saturated rings. The van der Waals surface area contributed by atoms with E-state index in [9.17, 15) is 0 Å². The number of anilines is 2. The Labute approximate surface area is 120 Å². The van der Waals surface area contributed by atoms with Gasteiger partial charge in [0.05, 0.1) is 0 Å². The van der Waals surface area contributed by atoms with Gasteiger partial charge >= 0.3 is 0 Å². The van der Waals surface area contributed by atoms with Crippen molar-refractivity contribution in [2.75, 3.05) is 17.2 Å². The van der Waals surface area contributed by atoms with Crippen LogP contribution < -0.4 is 10.6 Å². The highest BCUT2D eigenvalue weighted by molar-refractivity contribution is 5.42. The smallest absolute Gasteiger partial charge is 0.225 e. The van der Waals surface area contributed by atoms with E-state index in [4.69, 9.17) is 0 Å². The Morgan fingerprint density at radius 1 is 1.00 bits per heavy atom. The first-order chi connectivity index (χ1) is 9.67. The third-order valence-corrected chi connectivity index (χ3v) is 2.98. The molecular formula is C16H22N4. The van der Waals surface area contributed by atoms with Crippen LogP contribution in [0, 0.1) is 13.8 Å². The molecule has 1 aromatic carbocycles. The van der Waals surface area contributed by atoms with E-state index in [0.29, 0.717) is 5.95 Å². The monoisotopic (exact) mass is 270 g/mol. The van der Waals surface area contributed by atoms with Crippen molar-refractivity contribution < 1.29 is 0 Å². The van der Waals surface area contributed by atoms with E-state index >= 15 is 0 Å². The molecule has 1 aromatic heterocycles. The molecule has 2 aromatic rings. The van der Waals surface area contributed by atoms with Crippen molar-refractivity contribution in [1.82, 2.24) is 9.97 Å². The summed E-state index contributed by atoms with van der Waals surface area (Å²) in [4.78, 5) is 8.88. The number of aromatic nitrogens is 2. The van der Waals surface area contributed by atoms with Gasteiger partial charge in [0.25, 0.3) is 0 Å². The lowest BCUT2D eigenvalue weighted by Gasteiger charge is -2.09. The summed E-state index contributed by atoms with van der Waals surface area (Å²) in [7, 11) is 0. The Hall–Kier alpha value is -2.10. The van der Waals surface area contributed by atoms with Crippen LogP contribution in [-0.4, -0.2) is 16.5 Å². The maximum absolute atomic E-state index is 4.47. The molecule has 0 unspecified atom stereocenters. The lowest BCUT2D eigenvalue weighted by atomic mass is 10.1. The average molecular weight is 270 g/mol. The predicted molar refractivity (Wildman–Crippen MR) is 84.1 cm³/mol. The number of hydrogen-bond acceptors (Lipinski definition) is 4. The Kier molecular flexibility index (Phi) is 4.93. The summed E-state index contributed by atoms with van der Waals surface area (Å²) in [5, 5.41) is 6.57. The number of hydrogen-bond donors (Lipinski definition) is 2. The molecule has 20 heavy (non-hydrogen) atoms. The molecule has 0 spiro atoms. The third-order valence-electron chi connectivity index (χ3n) is 2.98. The predicted octanol–water partition coefficient (Wildman–Crippen LogP) is 3.53. The van der Waals surface area contributed by atoms with Crippen LogP contribution in [-0.2, 0) is 6.54 Å². The van der Waals surface area contributed by atoms with Crippen LogP contribution in [0.2, 0.25) is 0 Å². The molecule has 4 heteroatoms. The minimum atomic E-state index is 0.671. The van der Waals surface area contributed by atoms with E-state index < -0.39 is 0 Å². The maximum Gasteiger partial charge on any atom is 0.225 e. The van der Waals surface area contributed by atoms with Crippen molar-refractivity contribution in [3.05, 3.63) is 47.2 Å². The fourth-order valence-electron chi connectivity index (χ4n) is 1.88. The third kappa shape index (κ3) is 4.23. The Bertz CT molecular complexity index is 549. The van der Waals surface area contributed by atoms with Crippen molar-refractivity contribution in [3.8, 4) is 0 Å². The van der Waals surface area contributed by atoms with Gasteiger partial charge in [-0.15, -0.1) is 0 Å². The summed E-state index contributed by atoms with van der Waals surface area (Å²) in [5.74, 6) is 1.55. The van der Waals surface area contributed by atoms with Gasteiger partial charge in [-0.3, -0.25) is 0 Å². The fraction of sp³-hybridized carbons (Fsp3) is 0.375. The van der Waals surface area contributed by atoms with E-state index in [0.717, 1.165) is 31.0 Å². The van der Waals surface area contributed by atoms with Crippen molar-refractivity contribution in [1.29, 1.82) is 0 Å². The highest BCUT2D eigenvalue weighted by Crippen LogP contribution is 2.11. The van der Waals surface area contributed by atoms with Crippen LogP contribution in [0.4, 0.5) is 11.8 Å². The van der Waals surface area contributed by atoms with Crippen molar-refractivity contribution in [2.24, 2.45) is 0 Å². The molecule has 0 aliphatic carbocycles. The molecule has 0 aliphatic rings. The van der Waals surface area contributed by atoms with E-state index in [2.05, 4.69) is 58.7 Å².